The van der Waals surface area contributed by atoms with Gasteiger partial charge in [-0.05, 0) is 91.0 Å². The maximum atomic E-state index is 4.99. The highest BCUT2D eigenvalue weighted by atomic mass is 15.5. The third-order valence-electron chi connectivity index (χ3n) is 10.0. The van der Waals surface area contributed by atoms with E-state index >= 15 is 0 Å². The summed E-state index contributed by atoms with van der Waals surface area (Å²) in [6.45, 7) is 0. The van der Waals surface area contributed by atoms with Gasteiger partial charge in [-0.15, -0.1) is 10.2 Å². The molecule has 0 radical (unpaired) electrons. The molecule has 0 spiro atoms. The average molecular weight is 600 g/mol. The fourth-order valence-corrected chi connectivity index (χ4v) is 7.77. The quantitative estimate of drug-likeness (QED) is 0.189. The Morgan fingerprint density at radius 3 is 2.04 bits per heavy atom. The molecule has 0 saturated carbocycles. The molecule has 1 aromatic heterocycles. The lowest BCUT2D eigenvalue weighted by molar-refractivity contribution is 0.722. The number of hydrogen-bond donors (Lipinski definition) is 0. The van der Waals surface area contributed by atoms with E-state index in [2.05, 4.69) is 133 Å². The topological polar surface area (TPSA) is 30.7 Å². The zero-order chi connectivity index (χ0) is 30.9. The van der Waals surface area contributed by atoms with Crippen molar-refractivity contribution in [3.63, 3.8) is 0 Å². The molecule has 220 valence electrons. The Morgan fingerprint density at radius 2 is 1.19 bits per heavy atom. The number of nitrogens with zero attached hydrogens (tertiary/aromatic N) is 3. The van der Waals surface area contributed by atoms with E-state index in [-0.39, 0.29) is 0 Å². The van der Waals surface area contributed by atoms with Crippen LogP contribution in [0.1, 0.15) is 28.5 Å². The SMILES string of the molecule is C1=CC2c3ccccc3-c3ccccc3C2C=C1c1cccc(-c2ccc3ccc4ccc5nn(-c6ccccc6)nc5c4c3c2)c1. The van der Waals surface area contributed by atoms with Gasteiger partial charge >= 0.3 is 0 Å². The Bertz CT molecular complexity index is 2590. The van der Waals surface area contributed by atoms with Gasteiger partial charge < -0.3 is 0 Å². The van der Waals surface area contributed by atoms with Gasteiger partial charge in [-0.25, -0.2) is 0 Å². The Morgan fingerprint density at radius 1 is 0.511 bits per heavy atom. The molecule has 0 aliphatic heterocycles. The Balaban J connectivity index is 1.08. The molecule has 3 heteroatoms. The first-order valence-corrected chi connectivity index (χ1v) is 16.3. The van der Waals surface area contributed by atoms with Crippen molar-refractivity contribution in [2.45, 2.75) is 11.8 Å². The number of fused-ring (bicyclic) bond motifs is 11. The average Bonchev–Trinajstić information content (AvgIpc) is 3.60. The second kappa shape index (κ2) is 10.2. The largest absolute Gasteiger partial charge is 0.150 e. The number of benzene rings is 7. The van der Waals surface area contributed by atoms with Crippen molar-refractivity contribution >= 4 is 38.2 Å². The fraction of sp³-hybridized carbons (Fsp3) is 0.0455. The van der Waals surface area contributed by atoms with Crippen molar-refractivity contribution in [2.24, 2.45) is 0 Å². The van der Waals surface area contributed by atoms with Gasteiger partial charge in [0.25, 0.3) is 0 Å². The van der Waals surface area contributed by atoms with Crippen LogP contribution in [0.2, 0.25) is 0 Å². The van der Waals surface area contributed by atoms with Gasteiger partial charge in [0, 0.05) is 17.2 Å². The molecule has 2 unspecified atom stereocenters. The monoisotopic (exact) mass is 599 g/mol. The number of para-hydroxylation sites is 1. The Hall–Kier alpha value is -6.06. The molecule has 2 aliphatic rings. The van der Waals surface area contributed by atoms with E-state index in [1.807, 2.05) is 30.3 Å². The van der Waals surface area contributed by atoms with E-state index in [9.17, 15) is 0 Å². The first-order valence-electron chi connectivity index (χ1n) is 16.3. The summed E-state index contributed by atoms with van der Waals surface area (Å²) in [6, 6.07) is 52.3. The predicted molar refractivity (Wildman–Crippen MR) is 194 cm³/mol. The van der Waals surface area contributed by atoms with Gasteiger partial charge in [0.2, 0.25) is 0 Å². The second-order valence-corrected chi connectivity index (χ2v) is 12.6. The third-order valence-corrected chi connectivity index (χ3v) is 10.0. The lowest BCUT2D eigenvalue weighted by Gasteiger charge is -2.35. The summed E-state index contributed by atoms with van der Waals surface area (Å²) in [5.74, 6) is 0.655. The van der Waals surface area contributed by atoms with Gasteiger partial charge in [0.1, 0.15) is 11.0 Å². The van der Waals surface area contributed by atoms with E-state index in [1.54, 1.807) is 4.80 Å². The Kier molecular flexibility index (Phi) is 5.70. The lowest BCUT2D eigenvalue weighted by atomic mass is 9.69. The van der Waals surface area contributed by atoms with Gasteiger partial charge in [-0.3, -0.25) is 0 Å². The molecule has 47 heavy (non-hydrogen) atoms. The molecular weight excluding hydrogens is 571 g/mol. The van der Waals surface area contributed by atoms with Crippen LogP contribution in [0, 0.1) is 0 Å². The molecule has 1 heterocycles. The predicted octanol–water partition coefficient (Wildman–Crippen LogP) is 10.9. The highest BCUT2D eigenvalue weighted by Gasteiger charge is 2.32. The summed E-state index contributed by atoms with van der Waals surface area (Å²) < 4.78 is 0. The molecule has 7 aromatic carbocycles. The van der Waals surface area contributed by atoms with Crippen LogP contribution in [-0.4, -0.2) is 15.0 Å². The number of allylic oxidation sites excluding steroid dienone is 4. The van der Waals surface area contributed by atoms with Crippen molar-refractivity contribution in [3.05, 3.63) is 181 Å². The van der Waals surface area contributed by atoms with Crippen LogP contribution >= 0.6 is 0 Å². The maximum Gasteiger partial charge on any atom is 0.122 e. The first kappa shape index (κ1) is 26.2. The smallest absolute Gasteiger partial charge is 0.122 e. The molecule has 3 nitrogen and oxygen atoms in total. The minimum absolute atomic E-state index is 0.309. The maximum absolute atomic E-state index is 4.99. The molecule has 0 saturated heterocycles. The summed E-state index contributed by atoms with van der Waals surface area (Å²) in [4.78, 5) is 1.75. The fourth-order valence-electron chi connectivity index (χ4n) is 7.77. The van der Waals surface area contributed by atoms with Gasteiger partial charge in [-0.2, -0.15) is 4.80 Å². The highest BCUT2D eigenvalue weighted by molar-refractivity contribution is 6.18. The number of rotatable bonds is 3. The van der Waals surface area contributed by atoms with E-state index in [1.165, 1.54) is 55.3 Å². The number of hydrogen-bond acceptors (Lipinski definition) is 2. The van der Waals surface area contributed by atoms with Crippen LogP contribution in [0.3, 0.4) is 0 Å². The lowest BCUT2D eigenvalue weighted by Crippen LogP contribution is -2.17. The summed E-state index contributed by atoms with van der Waals surface area (Å²) in [5, 5.41) is 14.5. The van der Waals surface area contributed by atoms with Gasteiger partial charge in [0.15, 0.2) is 0 Å². The van der Waals surface area contributed by atoms with Crippen molar-refractivity contribution in [1.82, 2.24) is 15.0 Å². The molecule has 8 aromatic rings. The van der Waals surface area contributed by atoms with Crippen LogP contribution in [0.5, 0.6) is 0 Å². The standard InChI is InChI=1S/C44H29N3/c1-2-11-34(12-3-1)47-45-42-24-22-29-19-17-28-18-20-32(26-40(28)43(29)44(42)46-47)30-9-8-10-31(25-30)33-21-23-39-37-15-5-4-13-35(37)36-14-6-7-16-38(36)41(39)27-33/h1-27,39,41H. The normalized spacial score (nSPS) is 16.6. The minimum atomic E-state index is 0.309. The van der Waals surface area contributed by atoms with Gasteiger partial charge in [0.05, 0.1) is 5.69 Å². The molecule has 0 bridgehead atoms. The summed E-state index contributed by atoms with van der Waals surface area (Å²) in [6.07, 6.45) is 7.22. The van der Waals surface area contributed by atoms with E-state index in [0.29, 0.717) is 11.8 Å². The summed E-state index contributed by atoms with van der Waals surface area (Å²) in [5.41, 5.74) is 13.2. The minimum Gasteiger partial charge on any atom is -0.150 e. The number of aromatic nitrogens is 3. The van der Waals surface area contributed by atoms with Crippen LogP contribution < -0.4 is 0 Å². The van der Waals surface area contributed by atoms with E-state index in [4.69, 9.17) is 10.2 Å². The van der Waals surface area contributed by atoms with Crippen molar-refractivity contribution < 1.29 is 0 Å². The molecule has 10 rings (SSSR count). The molecular formula is C44H29N3. The molecule has 0 fully saturated rings. The van der Waals surface area contributed by atoms with Gasteiger partial charge in [-0.1, -0.05) is 133 Å². The Labute approximate surface area is 272 Å². The summed E-state index contributed by atoms with van der Waals surface area (Å²) in [7, 11) is 0. The van der Waals surface area contributed by atoms with Crippen molar-refractivity contribution in [2.75, 3.05) is 0 Å². The highest BCUT2D eigenvalue weighted by Crippen LogP contribution is 2.51. The molecule has 0 N–H and O–H groups in total. The van der Waals surface area contributed by atoms with Crippen LogP contribution in [-0.2, 0) is 0 Å². The van der Waals surface area contributed by atoms with Crippen molar-refractivity contribution in [3.8, 4) is 27.9 Å². The van der Waals surface area contributed by atoms with Crippen LogP contribution in [0.15, 0.2) is 164 Å². The van der Waals surface area contributed by atoms with E-state index < -0.39 is 0 Å². The molecule has 2 atom stereocenters. The van der Waals surface area contributed by atoms with Crippen LogP contribution in [0.25, 0.3) is 66.1 Å². The molecule has 0 amide bonds. The second-order valence-electron chi connectivity index (χ2n) is 12.6. The first-order chi connectivity index (χ1) is 23.3. The van der Waals surface area contributed by atoms with E-state index in [0.717, 1.165) is 27.5 Å². The zero-order valence-electron chi connectivity index (χ0n) is 25.6. The zero-order valence-corrected chi connectivity index (χ0v) is 25.6. The molecule has 2 aliphatic carbocycles. The summed E-state index contributed by atoms with van der Waals surface area (Å²) >= 11 is 0. The van der Waals surface area contributed by atoms with Crippen LogP contribution in [0.4, 0.5) is 0 Å². The third kappa shape index (κ3) is 4.13. The van der Waals surface area contributed by atoms with Crippen molar-refractivity contribution in [1.29, 1.82) is 0 Å².